The Morgan fingerprint density at radius 1 is 1.11 bits per heavy atom. The van der Waals surface area contributed by atoms with Gasteiger partial charge in [-0.1, -0.05) is 0 Å². The Hall–Kier alpha value is -2.46. The first-order chi connectivity index (χ1) is 13.5. The minimum absolute atomic E-state index is 0.00542. The van der Waals surface area contributed by atoms with Gasteiger partial charge >= 0.3 is 0 Å². The monoisotopic (exact) mass is 405 g/mol. The molecule has 0 saturated carbocycles. The number of hydrogen-bond donors (Lipinski definition) is 1. The van der Waals surface area contributed by atoms with Gasteiger partial charge in [0.25, 0.3) is 15.9 Å². The average molecular weight is 405 g/mol. The molecule has 0 spiro atoms. The third kappa shape index (κ3) is 3.88. The molecule has 2 saturated heterocycles. The molecule has 2 aliphatic rings. The molecule has 0 aromatic carbocycles. The number of aromatic nitrogens is 2. The van der Waals surface area contributed by atoms with Crippen molar-refractivity contribution in [3.05, 3.63) is 36.4 Å². The van der Waals surface area contributed by atoms with Gasteiger partial charge in [-0.2, -0.15) is 4.31 Å². The van der Waals surface area contributed by atoms with Gasteiger partial charge in [-0.25, -0.2) is 18.4 Å². The SMILES string of the molecule is O=C(NC1CCCN(c2ncccn2)C1)c1ccc(S(=O)(=O)N2CCCC2)o1. The van der Waals surface area contributed by atoms with Crippen LogP contribution in [0.15, 0.2) is 40.1 Å². The van der Waals surface area contributed by atoms with E-state index in [-0.39, 0.29) is 16.9 Å². The number of amides is 1. The van der Waals surface area contributed by atoms with E-state index in [1.807, 2.05) is 4.90 Å². The van der Waals surface area contributed by atoms with Crippen molar-refractivity contribution >= 4 is 21.9 Å². The van der Waals surface area contributed by atoms with Crippen LogP contribution in [-0.2, 0) is 10.0 Å². The van der Waals surface area contributed by atoms with Crippen molar-refractivity contribution in [1.82, 2.24) is 19.6 Å². The third-order valence-corrected chi connectivity index (χ3v) is 6.83. The van der Waals surface area contributed by atoms with E-state index in [1.165, 1.54) is 16.4 Å². The molecule has 4 rings (SSSR count). The molecule has 2 aliphatic heterocycles. The van der Waals surface area contributed by atoms with Crippen LogP contribution in [0.4, 0.5) is 5.95 Å². The topological polar surface area (TPSA) is 109 Å². The van der Waals surface area contributed by atoms with E-state index in [0.717, 1.165) is 32.2 Å². The first-order valence-electron chi connectivity index (χ1n) is 9.47. The van der Waals surface area contributed by atoms with Crippen LogP contribution in [0.25, 0.3) is 0 Å². The quantitative estimate of drug-likeness (QED) is 0.797. The van der Waals surface area contributed by atoms with E-state index in [0.29, 0.717) is 25.6 Å². The van der Waals surface area contributed by atoms with Crippen molar-refractivity contribution in [2.24, 2.45) is 0 Å². The van der Waals surface area contributed by atoms with Gasteiger partial charge in [-0.15, -0.1) is 0 Å². The number of furan rings is 1. The van der Waals surface area contributed by atoms with Gasteiger partial charge in [0.15, 0.2) is 5.76 Å². The van der Waals surface area contributed by atoms with Gasteiger partial charge in [0.2, 0.25) is 11.0 Å². The Balaban J connectivity index is 1.41. The Kier molecular flexibility index (Phi) is 5.31. The molecule has 28 heavy (non-hydrogen) atoms. The van der Waals surface area contributed by atoms with Crippen LogP contribution < -0.4 is 10.2 Å². The van der Waals surface area contributed by atoms with Crippen molar-refractivity contribution in [1.29, 1.82) is 0 Å². The maximum Gasteiger partial charge on any atom is 0.287 e. The van der Waals surface area contributed by atoms with E-state index >= 15 is 0 Å². The van der Waals surface area contributed by atoms with Crippen molar-refractivity contribution in [3.8, 4) is 0 Å². The standard InChI is InChI=1S/C18H23N5O4S/c24-17(15-6-7-16(27-15)28(25,26)23-11-1-2-12-23)21-14-5-3-10-22(13-14)18-19-8-4-9-20-18/h4,6-9,14H,1-3,5,10-13H2,(H,21,24). The van der Waals surface area contributed by atoms with Crippen molar-refractivity contribution < 1.29 is 17.6 Å². The van der Waals surface area contributed by atoms with Gasteiger partial charge in [-0.3, -0.25) is 4.79 Å². The lowest BCUT2D eigenvalue weighted by molar-refractivity contribution is 0.0899. The van der Waals surface area contributed by atoms with Gasteiger partial charge in [-0.05, 0) is 43.9 Å². The lowest BCUT2D eigenvalue weighted by atomic mass is 10.1. The lowest BCUT2D eigenvalue weighted by Crippen LogP contribution is -2.48. The number of hydrogen-bond acceptors (Lipinski definition) is 7. The van der Waals surface area contributed by atoms with Crippen molar-refractivity contribution in [3.63, 3.8) is 0 Å². The molecule has 1 amide bonds. The minimum atomic E-state index is -3.67. The summed E-state index contributed by atoms with van der Waals surface area (Å²) in [5.74, 6) is 0.230. The molecular formula is C18H23N5O4S. The second-order valence-corrected chi connectivity index (χ2v) is 8.91. The molecule has 0 radical (unpaired) electrons. The third-order valence-electron chi connectivity index (χ3n) is 5.06. The predicted molar refractivity (Wildman–Crippen MR) is 101 cm³/mol. The average Bonchev–Trinajstić information content (AvgIpc) is 3.41. The summed E-state index contributed by atoms with van der Waals surface area (Å²) in [6.45, 7) is 2.40. The zero-order chi connectivity index (χ0) is 19.6. The Labute approximate surface area is 163 Å². The highest BCUT2D eigenvalue weighted by atomic mass is 32.2. The van der Waals surface area contributed by atoms with Crippen LogP contribution in [0, 0.1) is 0 Å². The zero-order valence-electron chi connectivity index (χ0n) is 15.5. The van der Waals surface area contributed by atoms with E-state index < -0.39 is 15.9 Å². The fourth-order valence-electron chi connectivity index (χ4n) is 3.62. The number of nitrogens with one attached hydrogen (secondary N) is 1. The second kappa shape index (κ2) is 7.88. The summed E-state index contributed by atoms with van der Waals surface area (Å²) in [5.41, 5.74) is 0. The van der Waals surface area contributed by atoms with E-state index in [4.69, 9.17) is 4.42 Å². The molecule has 150 valence electrons. The molecule has 0 bridgehead atoms. The molecule has 10 heteroatoms. The molecular weight excluding hydrogens is 382 g/mol. The normalized spacial score (nSPS) is 21.0. The van der Waals surface area contributed by atoms with E-state index in [2.05, 4.69) is 15.3 Å². The van der Waals surface area contributed by atoms with Crippen LogP contribution in [0.3, 0.4) is 0 Å². The highest BCUT2D eigenvalue weighted by molar-refractivity contribution is 7.89. The molecule has 4 heterocycles. The first-order valence-corrected chi connectivity index (χ1v) is 10.9. The lowest BCUT2D eigenvalue weighted by Gasteiger charge is -2.32. The maximum absolute atomic E-state index is 12.6. The summed E-state index contributed by atoms with van der Waals surface area (Å²) in [6.07, 6.45) is 6.79. The molecule has 9 nitrogen and oxygen atoms in total. The second-order valence-electron chi connectivity index (χ2n) is 7.04. The number of nitrogens with zero attached hydrogens (tertiary/aromatic N) is 4. The number of piperidine rings is 1. The largest absolute Gasteiger partial charge is 0.438 e. The summed E-state index contributed by atoms with van der Waals surface area (Å²) in [6, 6.07) is 4.44. The summed E-state index contributed by atoms with van der Waals surface area (Å²) >= 11 is 0. The number of carbonyl (C=O) groups excluding carboxylic acids is 1. The molecule has 1 unspecified atom stereocenters. The van der Waals surface area contributed by atoms with Crippen LogP contribution in [0.5, 0.6) is 0 Å². The first kappa shape index (κ1) is 18.9. The van der Waals surface area contributed by atoms with Crippen LogP contribution >= 0.6 is 0 Å². The molecule has 1 N–H and O–H groups in total. The number of sulfonamides is 1. The molecule has 2 aromatic heterocycles. The zero-order valence-corrected chi connectivity index (χ0v) is 16.3. The fraction of sp³-hybridized carbons (Fsp3) is 0.500. The molecule has 2 aromatic rings. The van der Waals surface area contributed by atoms with Gasteiger partial charge < -0.3 is 14.6 Å². The van der Waals surface area contributed by atoms with Crippen LogP contribution in [-0.4, -0.2) is 60.8 Å². The Morgan fingerprint density at radius 2 is 1.86 bits per heavy atom. The van der Waals surface area contributed by atoms with Gasteiger partial charge in [0, 0.05) is 44.6 Å². The van der Waals surface area contributed by atoms with E-state index in [1.54, 1.807) is 18.5 Å². The fourth-order valence-corrected chi connectivity index (χ4v) is 5.05. The highest BCUT2D eigenvalue weighted by Gasteiger charge is 2.31. The minimum Gasteiger partial charge on any atom is -0.438 e. The number of carbonyl (C=O) groups is 1. The molecule has 0 aliphatic carbocycles. The summed E-state index contributed by atoms with van der Waals surface area (Å²) in [7, 11) is -3.67. The van der Waals surface area contributed by atoms with Gasteiger partial charge in [0.1, 0.15) is 0 Å². The van der Waals surface area contributed by atoms with Crippen LogP contribution in [0.2, 0.25) is 0 Å². The smallest absolute Gasteiger partial charge is 0.287 e. The van der Waals surface area contributed by atoms with Crippen LogP contribution in [0.1, 0.15) is 36.2 Å². The number of anilines is 1. The molecule has 1 atom stereocenters. The summed E-state index contributed by atoms with van der Waals surface area (Å²) in [5, 5.41) is 2.75. The van der Waals surface area contributed by atoms with Gasteiger partial charge in [0.05, 0.1) is 0 Å². The maximum atomic E-state index is 12.6. The van der Waals surface area contributed by atoms with Crippen molar-refractivity contribution in [2.45, 2.75) is 36.8 Å². The van der Waals surface area contributed by atoms with E-state index in [9.17, 15) is 13.2 Å². The molecule has 2 fully saturated rings. The Bertz CT molecular complexity index is 924. The van der Waals surface area contributed by atoms with Crippen molar-refractivity contribution in [2.75, 3.05) is 31.1 Å². The highest BCUT2D eigenvalue weighted by Crippen LogP contribution is 2.23. The number of rotatable bonds is 5. The Morgan fingerprint density at radius 3 is 2.61 bits per heavy atom. The summed E-state index contributed by atoms with van der Waals surface area (Å²) in [4.78, 5) is 23.1. The summed E-state index contributed by atoms with van der Waals surface area (Å²) < 4.78 is 31.9. The predicted octanol–water partition coefficient (Wildman–Crippen LogP) is 1.25.